The second kappa shape index (κ2) is 9.14. The highest BCUT2D eigenvalue weighted by molar-refractivity contribution is 7.99. The van der Waals surface area contributed by atoms with E-state index in [4.69, 9.17) is 14.5 Å². The van der Waals surface area contributed by atoms with E-state index in [0.29, 0.717) is 40.9 Å². The molecule has 3 aromatic rings. The number of rotatable bonds is 6. The van der Waals surface area contributed by atoms with Crippen LogP contribution in [0.25, 0.3) is 15.9 Å². The molecule has 0 amide bonds. The fourth-order valence-corrected chi connectivity index (χ4v) is 5.75. The standard InChI is InChI=1S/C23H26N2O4S2/c1-5-28-19(26)12-30-23-24-21-20(15-10-17(13(2)3)29-11-18(15)31-21)22(27)25(23)16-9-7-6-8-14(16)4/h6-9,13,17H,5,10-12H2,1-4H3/t17-/m1/s1. The van der Waals surface area contributed by atoms with E-state index in [1.807, 2.05) is 31.2 Å². The van der Waals surface area contributed by atoms with E-state index < -0.39 is 0 Å². The van der Waals surface area contributed by atoms with Crippen LogP contribution in [-0.2, 0) is 27.3 Å². The molecule has 1 aliphatic rings. The Kier molecular flexibility index (Phi) is 6.50. The molecular formula is C23H26N2O4S2. The van der Waals surface area contributed by atoms with E-state index in [1.54, 1.807) is 11.5 Å². The maximum Gasteiger partial charge on any atom is 0.316 e. The maximum atomic E-state index is 13.8. The van der Waals surface area contributed by atoms with Crippen molar-refractivity contribution in [1.29, 1.82) is 0 Å². The van der Waals surface area contributed by atoms with Crippen molar-refractivity contribution in [3.63, 3.8) is 0 Å². The quantitative estimate of drug-likeness (QED) is 0.308. The predicted molar refractivity (Wildman–Crippen MR) is 124 cm³/mol. The van der Waals surface area contributed by atoms with Crippen molar-refractivity contribution in [3.05, 3.63) is 50.6 Å². The first-order valence-electron chi connectivity index (χ1n) is 10.4. The molecule has 6 nitrogen and oxygen atoms in total. The highest BCUT2D eigenvalue weighted by atomic mass is 32.2. The molecule has 8 heteroatoms. The molecule has 4 rings (SSSR count). The highest BCUT2D eigenvalue weighted by Crippen LogP contribution is 2.36. The minimum Gasteiger partial charge on any atom is -0.465 e. The molecule has 31 heavy (non-hydrogen) atoms. The molecule has 0 aliphatic carbocycles. The molecule has 0 spiro atoms. The van der Waals surface area contributed by atoms with Gasteiger partial charge in [-0.25, -0.2) is 4.98 Å². The summed E-state index contributed by atoms with van der Waals surface area (Å²) in [5.41, 5.74) is 2.72. The highest BCUT2D eigenvalue weighted by Gasteiger charge is 2.29. The number of carbonyl (C=O) groups is 1. The van der Waals surface area contributed by atoms with Crippen LogP contribution in [0.1, 0.15) is 36.8 Å². The molecule has 3 heterocycles. The minimum atomic E-state index is -0.322. The predicted octanol–water partition coefficient (Wildman–Crippen LogP) is 4.51. The van der Waals surface area contributed by atoms with Crippen molar-refractivity contribution in [1.82, 2.24) is 9.55 Å². The van der Waals surface area contributed by atoms with Crippen LogP contribution in [0.3, 0.4) is 0 Å². The van der Waals surface area contributed by atoms with E-state index >= 15 is 0 Å². The van der Waals surface area contributed by atoms with Gasteiger partial charge in [0, 0.05) is 11.3 Å². The van der Waals surface area contributed by atoms with Crippen LogP contribution < -0.4 is 5.56 Å². The molecule has 0 radical (unpaired) electrons. The third-order valence-electron chi connectivity index (χ3n) is 5.44. The van der Waals surface area contributed by atoms with Crippen molar-refractivity contribution in [2.45, 2.75) is 52.0 Å². The summed E-state index contributed by atoms with van der Waals surface area (Å²) < 4.78 is 12.7. The van der Waals surface area contributed by atoms with Gasteiger partial charge < -0.3 is 9.47 Å². The van der Waals surface area contributed by atoms with Crippen molar-refractivity contribution >= 4 is 39.3 Å². The average molecular weight is 459 g/mol. The number of ether oxygens (including phenoxy) is 2. The Morgan fingerprint density at radius 1 is 1.39 bits per heavy atom. The summed E-state index contributed by atoms with van der Waals surface area (Å²) in [7, 11) is 0. The van der Waals surface area contributed by atoms with Gasteiger partial charge in [0.05, 0.1) is 36.1 Å². The van der Waals surface area contributed by atoms with E-state index in [-0.39, 0.29) is 23.4 Å². The molecule has 2 aromatic heterocycles. The Balaban J connectivity index is 1.89. The van der Waals surface area contributed by atoms with Crippen molar-refractivity contribution in [3.8, 4) is 5.69 Å². The molecular weight excluding hydrogens is 432 g/mol. The smallest absolute Gasteiger partial charge is 0.316 e. The van der Waals surface area contributed by atoms with Gasteiger partial charge in [0.2, 0.25) is 0 Å². The van der Waals surface area contributed by atoms with E-state index in [1.165, 1.54) is 23.1 Å². The summed E-state index contributed by atoms with van der Waals surface area (Å²) >= 11 is 2.75. The van der Waals surface area contributed by atoms with Crippen LogP contribution in [0, 0.1) is 12.8 Å². The SMILES string of the molecule is CCOC(=O)CSc1nc2sc3c(c2c(=O)n1-c1ccccc1C)C[C@H](C(C)C)OC3. The monoisotopic (exact) mass is 458 g/mol. The van der Waals surface area contributed by atoms with Crippen LogP contribution in [0.4, 0.5) is 0 Å². The molecule has 164 valence electrons. The lowest BCUT2D eigenvalue weighted by atomic mass is 9.96. The van der Waals surface area contributed by atoms with Gasteiger partial charge in [-0.15, -0.1) is 11.3 Å². The van der Waals surface area contributed by atoms with Gasteiger partial charge >= 0.3 is 5.97 Å². The lowest BCUT2D eigenvalue weighted by Crippen LogP contribution is -2.28. The topological polar surface area (TPSA) is 70.4 Å². The minimum absolute atomic E-state index is 0.0902. The summed E-state index contributed by atoms with van der Waals surface area (Å²) in [6.45, 7) is 8.85. The number of esters is 1. The fraction of sp³-hybridized carbons (Fsp3) is 0.435. The second-order valence-corrected chi connectivity index (χ2v) is 9.92. The first-order chi connectivity index (χ1) is 14.9. The third kappa shape index (κ3) is 4.29. The molecule has 1 aliphatic heterocycles. The number of carbonyl (C=O) groups excluding carboxylic acids is 1. The summed E-state index contributed by atoms with van der Waals surface area (Å²) in [4.78, 5) is 32.4. The number of fused-ring (bicyclic) bond motifs is 3. The van der Waals surface area contributed by atoms with E-state index in [0.717, 1.165) is 21.7 Å². The fourth-order valence-electron chi connectivity index (χ4n) is 3.79. The van der Waals surface area contributed by atoms with E-state index in [9.17, 15) is 9.59 Å². The number of hydrogen-bond acceptors (Lipinski definition) is 7. The third-order valence-corrected chi connectivity index (χ3v) is 7.45. The second-order valence-electron chi connectivity index (χ2n) is 7.90. The lowest BCUT2D eigenvalue weighted by molar-refractivity contribution is -0.139. The van der Waals surface area contributed by atoms with Crippen LogP contribution in [-0.4, -0.2) is 34.0 Å². The summed E-state index contributed by atoms with van der Waals surface area (Å²) in [5.74, 6) is 0.146. The molecule has 0 saturated carbocycles. The summed E-state index contributed by atoms with van der Waals surface area (Å²) in [5, 5.41) is 1.18. The van der Waals surface area contributed by atoms with Crippen LogP contribution in [0.2, 0.25) is 0 Å². The normalized spacial score (nSPS) is 16.0. The van der Waals surface area contributed by atoms with Crippen LogP contribution >= 0.6 is 23.1 Å². The van der Waals surface area contributed by atoms with Crippen molar-refractivity contribution in [2.75, 3.05) is 12.4 Å². The van der Waals surface area contributed by atoms with Gasteiger partial charge in [0.1, 0.15) is 4.83 Å². The number of benzene rings is 1. The lowest BCUT2D eigenvalue weighted by Gasteiger charge is -2.26. The number of thiophene rings is 1. The molecule has 1 aromatic carbocycles. The maximum absolute atomic E-state index is 13.8. The van der Waals surface area contributed by atoms with Gasteiger partial charge in [0.15, 0.2) is 5.16 Å². The summed E-state index contributed by atoms with van der Waals surface area (Å²) in [6.07, 6.45) is 0.807. The molecule has 0 unspecified atom stereocenters. The van der Waals surface area contributed by atoms with Gasteiger partial charge in [-0.1, -0.05) is 43.8 Å². The number of nitrogens with zero attached hydrogens (tertiary/aromatic N) is 2. The number of aryl methyl sites for hydroxylation is 1. The van der Waals surface area contributed by atoms with Crippen molar-refractivity contribution in [2.24, 2.45) is 5.92 Å². The number of thioether (sulfide) groups is 1. The van der Waals surface area contributed by atoms with E-state index in [2.05, 4.69) is 13.8 Å². The van der Waals surface area contributed by atoms with Gasteiger partial charge in [-0.05, 0) is 37.0 Å². The molecule has 0 bridgehead atoms. The van der Waals surface area contributed by atoms with Gasteiger partial charge in [0.25, 0.3) is 5.56 Å². The number of hydrogen-bond donors (Lipinski definition) is 0. The molecule has 0 saturated heterocycles. The van der Waals surface area contributed by atoms with Gasteiger partial charge in [-0.2, -0.15) is 0 Å². The van der Waals surface area contributed by atoms with Crippen LogP contribution in [0.5, 0.6) is 0 Å². The largest absolute Gasteiger partial charge is 0.465 e. The Hall–Kier alpha value is -2.16. The molecule has 0 fully saturated rings. The first-order valence-corrected chi connectivity index (χ1v) is 12.2. The zero-order valence-electron chi connectivity index (χ0n) is 18.1. The summed E-state index contributed by atoms with van der Waals surface area (Å²) in [6, 6.07) is 7.73. The first kappa shape index (κ1) is 22.0. The zero-order valence-corrected chi connectivity index (χ0v) is 19.8. The zero-order chi connectivity index (χ0) is 22.1. The molecule has 1 atom stereocenters. The Morgan fingerprint density at radius 2 is 2.16 bits per heavy atom. The number of aromatic nitrogens is 2. The Bertz CT molecular complexity index is 1180. The van der Waals surface area contributed by atoms with Crippen LogP contribution in [0.15, 0.2) is 34.2 Å². The Labute approximate surface area is 189 Å². The van der Waals surface area contributed by atoms with Gasteiger partial charge in [-0.3, -0.25) is 14.2 Å². The average Bonchev–Trinajstić information content (AvgIpc) is 3.11. The molecule has 0 N–H and O–H groups in total. The van der Waals surface area contributed by atoms with Crippen molar-refractivity contribution < 1.29 is 14.3 Å². The number of para-hydroxylation sites is 1. The Morgan fingerprint density at radius 3 is 2.87 bits per heavy atom.